The highest BCUT2D eigenvalue weighted by atomic mass is 16.5. The summed E-state index contributed by atoms with van der Waals surface area (Å²) >= 11 is 0. The van der Waals surface area contributed by atoms with Crippen molar-refractivity contribution in [3.05, 3.63) is 24.3 Å². The Hall–Kier alpha value is -2.22. The van der Waals surface area contributed by atoms with Crippen molar-refractivity contribution in [1.29, 1.82) is 5.26 Å². The molecule has 0 aromatic heterocycles. The fourth-order valence-corrected chi connectivity index (χ4v) is 1.25. The van der Waals surface area contributed by atoms with Crippen molar-refractivity contribution in [2.45, 2.75) is 13.0 Å². The maximum absolute atomic E-state index is 11.2. The van der Waals surface area contributed by atoms with Crippen LogP contribution in [0.1, 0.15) is 6.92 Å². The van der Waals surface area contributed by atoms with Crippen LogP contribution in [0.15, 0.2) is 24.3 Å². The molecule has 0 saturated carbocycles. The Labute approximate surface area is 100.0 Å². The van der Waals surface area contributed by atoms with Crippen molar-refractivity contribution in [2.24, 2.45) is 0 Å². The van der Waals surface area contributed by atoms with Crippen LogP contribution in [0.2, 0.25) is 0 Å². The summed E-state index contributed by atoms with van der Waals surface area (Å²) in [5.74, 6) is 0.289. The molecule has 90 valence electrons. The van der Waals surface area contributed by atoms with Gasteiger partial charge in [0, 0.05) is 5.69 Å². The molecule has 1 atom stereocenters. The molecule has 1 aromatic carbocycles. The Morgan fingerprint density at radius 2 is 2.12 bits per heavy atom. The summed E-state index contributed by atoms with van der Waals surface area (Å²) in [6, 6.07) is 8.47. The molecule has 0 fully saturated rings. The summed E-state index contributed by atoms with van der Waals surface area (Å²) < 4.78 is 9.70. The number of nitrogens with zero attached hydrogens (tertiary/aromatic N) is 1. The Kier molecular flexibility index (Phi) is 4.82. The highest BCUT2D eigenvalue weighted by molar-refractivity contribution is 5.78. The molecule has 5 nitrogen and oxygen atoms in total. The molecule has 1 aromatic rings. The summed E-state index contributed by atoms with van der Waals surface area (Å²) in [5, 5.41) is 11.3. The second kappa shape index (κ2) is 6.38. The highest BCUT2D eigenvalue weighted by Gasteiger charge is 2.11. The third-order valence-corrected chi connectivity index (χ3v) is 2.10. The first-order valence-electron chi connectivity index (χ1n) is 5.11. The van der Waals surface area contributed by atoms with Crippen LogP contribution < -0.4 is 10.1 Å². The number of nitriles is 1. The molecule has 1 rings (SSSR count). The largest absolute Gasteiger partial charge is 0.479 e. The van der Waals surface area contributed by atoms with Gasteiger partial charge in [0.05, 0.1) is 7.11 Å². The molecule has 1 N–H and O–H groups in total. The SMILES string of the molecule is COC(=O)C(C)Nc1ccc(OCC#N)cc1. The maximum atomic E-state index is 11.2. The minimum absolute atomic E-state index is 0.0192. The monoisotopic (exact) mass is 234 g/mol. The average Bonchev–Trinajstić information content (AvgIpc) is 2.37. The predicted molar refractivity (Wildman–Crippen MR) is 62.7 cm³/mol. The Morgan fingerprint density at radius 3 is 2.65 bits per heavy atom. The van der Waals surface area contributed by atoms with E-state index in [1.54, 1.807) is 31.2 Å². The zero-order valence-corrected chi connectivity index (χ0v) is 9.77. The van der Waals surface area contributed by atoms with Crippen LogP contribution in [-0.2, 0) is 9.53 Å². The summed E-state index contributed by atoms with van der Waals surface area (Å²) in [6.45, 7) is 1.73. The molecule has 0 radical (unpaired) electrons. The number of ether oxygens (including phenoxy) is 2. The van der Waals surface area contributed by atoms with Gasteiger partial charge < -0.3 is 14.8 Å². The fourth-order valence-electron chi connectivity index (χ4n) is 1.25. The standard InChI is InChI=1S/C12H14N2O3/c1-9(12(15)16-2)14-10-3-5-11(6-4-10)17-8-7-13/h3-6,9,14H,8H2,1-2H3. The second-order valence-electron chi connectivity index (χ2n) is 3.36. The molecule has 5 heteroatoms. The van der Waals surface area contributed by atoms with Gasteiger partial charge in [-0.15, -0.1) is 0 Å². The number of carbonyl (C=O) groups excluding carboxylic acids is 1. The lowest BCUT2D eigenvalue weighted by atomic mass is 10.2. The molecule has 0 spiro atoms. The zero-order valence-electron chi connectivity index (χ0n) is 9.77. The number of esters is 1. The van der Waals surface area contributed by atoms with Gasteiger partial charge in [0.1, 0.15) is 17.9 Å². The maximum Gasteiger partial charge on any atom is 0.327 e. The normalized spacial score (nSPS) is 11.1. The van der Waals surface area contributed by atoms with Crippen LogP contribution in [0, 0.1) is 11.3 Å². The molecule has 17 heavy (non-hydrogen) atoms. The van der Waals surface area contributed by atoms with Crippen LogP contribution in [-0.4, -0.2) is 25.7 Å². The smallest absolute Gasteiger partial charge is 0.327 e. The first-order valence-corrected chi connectivity index (χ1v) is 5.11. The fraction of sp³-hybridized carbons (Fsp3) is 0.333. The number of hydrogen-bond donors (Lipinski definition) is 1. The van der Waals surface area contributed by atoms with Crippen molar-refractivity contribution in [1.82, 2.24) is 0 Å². The minimum atomic E-state index is -0.411. The summed E-state index contributed by atoms with van der Waals surface area (Å²) in [5.41, 5.74) is 0.784. The van der Waals surface area contributed by atoms with Gasteiger partial charge in [0.2, 0.25) is 0 Å². The van der Waals surface area contributed by atoms with Crippen LogP contribution in [0.5, 0.6) is 5.75 Å². The van der Waals surface area contributed by atoms with E-state index in [-0.39, 0.29) is 12.6 Å². The second-order valence-corrected chi connectivity index (χ2v) is 3.36. The highest BCUT2D eigenvalue weighted by Crippen LogP contribution is 2.16. The van der Waals surface area contributed by atoms with Crippen molar-refractivity contribution < 1.29 is 14.3 Å². The van der Waals surface area contributed by atoms with Gasteiger partial charge >= 0.3 is 5.97 Å². The number of benzene rings is 1. The van der Waals surface area contributed by atoms with Gasteiger partial charge in [-0.2, -0.15) is 5.26 Å². The van der Waals surface area contributed by atoms with Crippen LogP contribution in [0.25, 0.3) is 0 Å². The molecule has 1 unspecified atom stereocenters. The van der Waals surface area contributed by atoms with E-state index < -0.39 is 6.04 Å². The number of anilines is 1. The van der Waals surface area contributed by atoms with Crippen LogP contribution in [0.4, 0.5) is 5.69 Å². The lowest BCUT2D eigenvalue weighted by molar-refractivity contribution is -0.141. The van der Waals surface area contributed by atoms with Gasteiger partial charge in [0.15, 0.2) is 6.61 Å². The number of methoxy groups -OCH3 is 1. The first-order chi connectivity index (χ1) is 8.17. The molecule has 0 aliphatic rings. The lowest BCUT2D eigenvalue weighted by Gasteiger charge is -2.13. The topological polar surface area (TPSA) is 71.3 Å². The first kappa shape index (κ1) is 12.8. The molecular formula is C12H14N2O3. The third kappa shape index (κ3) is 4.03. The average molecular weight is 234 g/mol. The minimum Gasteiger partial charge on any atom is -0.479 e. The van der Waals surface area contributed by atoms with E-state index in [9.17, 15) is 4.79 Å². The van der Waals surface area contributed by atoms with Crippen molar-refractivity contribution in [3.8, 4) is 11.8 Å². The summed E-state index contributed by atoms with van der Waals surface area (Å²) in [7, 11) is 1.35. The third-order valence-electron chi connectivity index (χ3n) is 2.10. The van der Waals surface area contributed by atoms with E-state index in [0.717, 1.165) is 5.69 Å². The summed E-state index contributed by atoms with van der Waals surface area (Å²) in [6.07, 6.45) is 0. The number of rotatable bonds is 5. The number of hydrogen-bond acceptors (Lipinski definition) is 5. The quantitative estimate of drug-likeness (QED) is 0.783. The van der Waals surface area contributed by atoms with E-state index in [4.69, 9.17) is 10.00 Å². The van der Waals surface area contributed by atoms with Gasteiger partial charge in [-0.1, -0.05) is 0 Å². The van der Waals surface area contributed by atoms with Crippen molar-refractivity contribution in [2.75, 3.05) is 19.0 Å². The molecular weight excluding hydrogens is 220 g/mol. The van der Waals surface area contributed by atoms with Gasteiger partial charge in [-0.05, 0) is 31.2 Å². The number of carbonyl (C=O) groups is 1. The van der Waals surface area contributed by atoms with E-state index >= 15 is 0 Å². The van der Waals surface area contributed by atoms with Crippen molar-refractivity contribution in [3.63, 3.8) is 0 Å². The van der Waals surface area contributed by atoms with Crippen molar-refractivity contribution >= 4 is 11.7 Å². The van der Waals surface area contributed by atoms with E-state index in [0.29, 0.717) is 5.75 Å². The van der Waals surface area contributed by atoms with E-state index in [1.807, 2.05) is 6.07 Å². The van der Waals surface area contributed by atoms with Gasteiger partial charge in [0.25, 0.3) is 0 Å². The Balaban J connectivity index is 2.56. The Bertz CT molecular complexity index is 409. The molecule has 0 amide bonds. The Morgan fingerprint density at radius 1 is 1.47 bits per heavy atom. The predicted octanol–water partition coefficient (Wildman–Crippen LogP) is 1.56. The molecule has 0 heterocycles. The van der Waals surface area contributed by atoms with Gasteiger partial charge in [-0.25, -0.2) is 4.79 Å². The van der Waals surface area contributed by atoms with Gasteiger partial charge in [-0.3, -0.25) is 0 Å². The molecule has 0 aliphatic carbocycles. The molecule has 0 aliphatic heterocycles. The molecule has 0 bridgehead atoms. The lowest BCUT2D eigenvalue weighted by Crippen LogP contribution is -2.27. The van der Waals surface area contributed by atoms with Crippen LogP contribution in [0.3, 0.4) is 0 Å². The number of nitrogens with one attached hydrogen (secondary N) is 1. The zero-order chi connectivity index (χ0) is 12.7. The van der Waals surface area contributed by atoms with E-state index in [1.165, 1.54) is 7.11 Å². The molecule has 0 saturated heterocycles. The van der Waals surface area contributed by atoms with E-state index in [2.05, 4.69) is 10.1 Å². The van der Waals surface area contributed by atoms with Crippen LogP contribution >= 0.6 is 0 Å². The summed E-state index contributed by atoms with van der Waals surface area (Å²) in [4.78, 5) is 11.2.